The van der Waals surface area contributed by atoms with E-state index in [0.717, 1.165) is 25.0 Å². The molecule has 0 spiro atoms. The lowest BCUT2D eigenvalue weighted by atomic mass is 9.97. The van der Waals surface area contributed by atoms with Crippen molar-refractivity contribution in [3.8, 4) is 0 Å². The molecule has 0 saturated carbocycles. The van der Waals surface area contributed by atoms with Crippen LogP contribution in [0, 0.1) is 6.92 Å². The topological polar surface area (TPSA) is 75.4 Å². The highest BCUT2D eigenvalue weighted by molar-refractivity contribution is 5.95. The van der Waals surface area contributed by atoms with Crippen LogP contribution in [0.25, 0.3) is 0 Å². The Morgan fingerprint density at radius 1 is 1.45 bits per heavy atom. The molecule has 1 atom stereocenters. The first-order valence-corrected chi connectivity index (χ1v) is 7.02. The van der Waals surface area contributed by atoms with Crippen LogP contribution in [-0.2, 0) is 11.8 Å². The molecule has 1 aliphatic rings. The summed E-state index contributed by atoms with van der Waals surface area (Å²) >= 11 is 0. The Hall–Kier alpha value is -1.85. The molecule has 1 N–H and O–H groups in total. The Labute approximate surface area is 118 Å². The zero-order valence-electron chi connectivity index (χ0n) is 12.0. The van der Waals surface area contributed by atoms with E-state index in [-0.39, 0.29) is 18.4 Å². The van der Waals surface area contributed by atoms with Crippen LogP contribution in [0.15, 0.2) is 6.20 Å². The van der Waals surface area contributed by atoms with Crippen molar-refractivity contribution in [2.75, 3.05) is 6.54 Å². The minimum absolute atomic E-state index is 0.0225. The largest absolute Gasteiger partial charge is 0.481 e. The number of hydrogen-bond donors (Lipinski definition) is 1. The average molecular weight is 279 g/mol. The fourth-order valence-electron chi connectivity index (χ4n) is 2.82. The number of rotatable bonds is 4. The van der Waals surface area contributed by atoms with Crippen LogP contribution in [0.2, 0.25) is 0 Å². The van der Waals surface area contributed by atoms with Gasteiger partial charge >= 0.3 is 5.97 Å². The zero-order valence-corrected chi connectivity index (χ0v) is 12.0. The van der Waals surface area contributed by atoms with Gasteiger partial charge in [0.1, 0.15) is 0 Å². The van der Waals surface area contributed by atoms with E-state index in [0.29, 0.717) is 18.5 Å². The van der Waals surface area contributed by atoms with Crippen LogP contribution in [0.1, 0.15) is 48.2 Å². The molecular weight excluding hydrogens is 258 g/mol. The number of carbonyl (C=O) groups excluding carboxylic acids is 1. The fourth-order valence-corrected chi connectivity index (χ4v) is 2.82. The minimum Gasteiger partial charge on any atom is -0.481 e. The summed E-state index contributed by atoms with van der Waals surface area (Å²) in [6.07, 6.45) is 5.30. The van der Waals surface area contributed by atoms with Gasteiger partial charge in [-0.1, -0.05) is 0 Å². The van der Waals surface area contributed by atoms with Gasteiger partial charge in [0.2, 0.25) is 0 Å². The first-order chi connectivity index (χ1) is 9.49. The molecule has 0 unspecified atom stereocenters. The van der Waals surface area contributed by atoms with Crippen LogP contribution >= 0.6 is 0 Å². The molecule has 6 nitrogen and oxygen atoms in total. The van der Waals surface area contributed by atoms with Gasteiger partial charge in [0, 0.05) is 32.3 Å². The fraction of sp³-hybridized carbons (Fsp3) is 0.643. The van der Waals surface area contributed by atoms with E-state index in [4.69, 9.17) is 5.11 Å². The summed E-state index contributed by atoms with van der Waals surface area (Å²) in [5.74, 6) is -0.828. The summed E-state index contributed by atoms with van der Waals surface area (Å²) in [4.78, 5) is 25.2. The van der Waals surface area contributed by atoms with E-state index in [9.17, 15) is 9.59 Å². The maximum absolute atomic E-state index is 12.6. The molecule has 1 fully saturated rings. The highest BCUT2D eigenvalue weighted by Crippen LogP contribution is 2.23. The monoisotopic (exact) mass is 279 g/mol. The second kappa shape index (κ2) is 6.07. The molecule has 1 aromatic heterocycles. The van der Waals surface area contributed by atoms with Crippen LogP contribution in [0.3, 0.4) is 0 Å². The average Bonchev–Trinajstić information content (AvgIpc) is 2.75. The molecular formula is C14H21N3O3. The molecule has 1 aliphatic heterocycles. The number of likely N-dealkylation sites (tertiary alicyclic amines) is 1. The summed E-state index contributed by atoms with van der Waals surface area (Å²) in [5.41, 5.74) is 1.34. The van der Waals surface area contributed by atoms with Gasteiger partial charge in [0.15, 0.2) is 0 Å². The number of amides is 1. The highest BCUT2D eigenvalue weighted by Gasteiger charge is 2.29. The summed E-state index contributed by atoms with van der Waals surface area (Å²) < 4.78 is 1.64. The molecule has 0 bridgehead atoms. The maximum atomic E-state index is 12.6. The summed E-state index contributed by atoms with van der Waals surface area (Å²) in [6, 6.07) is 0.0342. The Bertz CT molecular complexity index is 510. The number of aliphatic carboxylic acids is 1. The van der Waals surface area contributed by atoms with Gasteiger partial charge in [0.05, 0.1) is 11.3 Å². The molecule has 0 radical (unpaired) electrons. The predicted molar refractivity (Wildman–Crippen MR) is 73.5 cm³/mol. The van der Waals surface area contributed by atoms with E-state index >= 15 is 0 Å². The van der Waals surface area contributed by atoms with Crippen molar-refractivity contribution in [1.29, 1.82) is 0 Å². The molecule has 1 aromatic rings. The summed E-state index contributed by atoms with van der Waals surface area (Å²) in [7, 11) is 1.79. The highest BCUT2D eigenvalue weighted by atomic mass is 16.4. The number of carboxylic acid groups (broad SMARTS) is 1. The number of carbonyl (C=O) groups is 2. The number of piperidine rings is 1. The number of nitrogens with zero attached hydrogens (tertiary/aromatic N) is 3. The third-order valence-corrected chi connectivity index (χ3v) is 3.82. The van der Waals surface area contributed by atoms with Crippen molar-refractivity contribution in [2.24, 2.45) is 7.05 Å². The van der Waals surface area contributed by atoms with Crippen LogP contribution < -0.4 is 0 Å². The standard InChI is InChI=1S/C14H21N3O3/c1-10-12(9-16(2)15-10)14(20)17-8-4-3-5-11(17)6-7-13(18)19/h9,11H,3-8H2,1-2H3,(H,18,19)/t11-/m0/s1. The van der Waals surface area contributed by atoms with Crippen LogP contribution in [-0.4, -0.2) is 44.3 Å². The van der Waals surface area contributed by atoms with Gasteiger partial charge in [-0.2, -0.15) is 5.10 Å². The summed E-state index contributed by atoms with van der Waals surface area (Å²) in [5, 5.41) is 13.0. The van der Waals surface area contributed by atoms with E-state index < -0.39 is 5.97 Å². The Balaban J connectivity index is 2.12. The quantitative estimate of drug-likeness (QED) is 0.908. The zero-order chi connectivity index (χ0) is 14.7. The second-order valence-electron chi connectivity index (χ2n) is 5.38. The summed E-state index contributed by atoms with van der Waals surface area (Å²) in [6.45, 7) is 2.53. The first-order valence-electron chi connectivity index (χ1n) is 7.02. The van der Waals surface area contributed by atoms with E-state index in [1.165, 1.54) is 0 Å². The van der Waals surface area contributed by atoms with Crippen molar-refractivity contribution in [2.45, 2.75) is 45.1 Å². The predicted octanol–water partition coefficient (Wildman–Crippen LogP) is 1.59. The van der Waals surface area contributed by atoms with Crippen molar-refractivity contribution in [3.05, 3.63) is 17.5 Å². The Morgan fingerprint density at radius 3 is 2.80 bits per heavy atom. The third-order valence-electron chi connectivity index (χ3n) is 3.82. The lowest BCUT2D eigenvalue weighted by Crippen LogP contribution is -2.44. The SMILES string of the molecule is Cc1nn(C)cc1C(=O)N1CCCC[C@H]1CCC(=O)O. The van der Waals surface area contributed by atoms with E-state index in [2.05, 4.69) is 5.10 Å². The molecule has 1 saturated heterocycles. The normalized spacial score (nSPS) is 19.1. The van der Waals surface area contributed by atoms with Gasteiger partial charge < -0.3 is 10.0 Å². The lowest BCUT2D eigenvalue weighted by Gasteiger charge is -2.35. The Kier molecular flexibility index (Phi) is 4.42. The molecule has 1 amide bonds. The first kappa shape index (κ1) is 14.6. The van der Waals surface area contributed by atoms with Crippen LogP contribution in [0.5, 0.6) is 0 Å². The van der Waals surface area contributed by atoms with Crippen molar-refractivity contribution < 1.29 is 14.7 Å². The molecule has 2 heterocycles. The van der Waals surface area contributed by atoms with Gasteiger partial charge in [-0.05, 0) is 32.6 Å². The molecule has 20 heavy (non-hydrogen) atoms. The van der Waals surface area contributed by atoms with Gasteiger partial charge in [-0.3, -0.25) is 14.3 Å². The number of carboxylic acids is 1. The number of aromatic nitrogens is 2. The van der Waals surface area contributed by atoms with E-state index in [1.807, 2.05) is 11.8 Å². The second-order valence-corrected chi connectivity index (χ2v) is 5.38. The molecule has 0 aliphatic carbocycles. The van der Waals surface area contributed by atoms with Crippen molar-refractivity contribution in [3.63, 3.8) is 0 Å². The van der Waals surface area contributed by atoms with Crippen molar-refractivity contribution >= 4 is 11.9 Å². The van der Waals surface area contributed by atoms with Crippen LogP contribution in [0.4, 0.5) is 0 Å². The van der Waals surface area contributed by atoms with Gasteiger partial charge in [0.25, 0.3) is 5.91 Å². The van der Waals surface area contributed by atoms with Crippen molar-refractivity contribution in [1.82, 2.24) is 14.7 Å². The molecule has 2 rings (SSSR count). The molecule has 0 aromatic carbocycles. The molecule has 6 heteroatoms. The number of hydrogen-bond acceptors (Lipinski definition) is 3. The smallest absolute Gasteiger partial charge is 0.303 e. The lowest BCUT2D eigenvalue weighted by molar-refractivity contribution is -0.137. The van der Waals surface area contributed by atoms with Gasteiger partial charge in [-0.15, -0.1) is 0 Å². The maximum Gasteiger partial charge on any atom is 0.303 e. The van der Waals surface area contributed by atoms with Gasteiger partial charge in [-0.25, -0.2) is 0 Å². The molecule has 110 valence electrons. The Morgan fingerprint density at radius 2 is 2.20 bits per heavy atom. The number of aryl methyl sites for hydroxylation is 2. The van der Waals surface area contributed by atoms with E-state index in [1.54, 1.807) is 17.9 Å². The minimum atomic E-state index is -0.805. The third kappa shape index (κ3) is 3.18.